The van der Waals surface area contributed by atoms with E-state index in [-0.39, 0.29) is 31.1 Å². The molecule has 2 aliphatic rings. The summed E-state index contributed by atoms with van der Waals surface area (Å²) >= 11 is 0. The van der Waals surface area contributed by atoms with Gasteiger partial charge in [-0.2, -0.15) is 0 Å². The first-order valence-corrected chi connectivity index (χ1v) is 10.00. The lowest BCUT2D eigenvalue weighted by Crippen LogP contribution is -2.55. The third-order valence-electron chi connectivity index (χ3n) is 5.80. The Labute approximate surface area is 173 Å². The Morgan fingerprint density at radius 1 is 1.27 bits per heavy atom. The zero-order valence-corrected chi connectivity index (χ0v) is 16.4. The Hall–Kier alpha value is -2.97. The number of amides is 2. The number of hydrogen-bond donors (Lipinski definition) is 4. The van der Waals surface area contributed by atoms with E-state index in [0.717, 1.165) is 11.3 Å². The molecule has 0 aliphatic carbocycles. The summed E-state index contributed by atoms with van der Waals surface area (Å²) in [4.78, 5) is 25.7. The Kier molecular flexibility index (Phi) is 5.44. The molecular weight excluding hydrogens is 389 g/mol. The Bertz CT molecular complexity index is 983. The van der Waals surface area contributed by atoms with E-state index in [9.17, 15) is 24.2 Å². The molecule has 1 fully saturated rings. The van der Waals surface area contributed by atoms with E-state index in [1.54, 1.807) is 35.2 Å². The number of rotatable bonds is 5. The summed E-state index contributed by atoms with van der Waals surface area (Å²) in [5.74, 6) is -1.06. The quantitative estimate of drug-likeness (QED) is 0.592. The number of anilines is 2. The zero-order valence-electron chi connectivity index (χ0n) is 16.4. The highest BCUT2D eigenvalue weighted by Crippen LogP contribution is 2.35. The summed E-state index contributed by atoms with van der Waals surface area (Å²) in [5.41, 5.74) is 0.875. The Balaban J connectivity index is 1.41. The standard InChI is InChI=1S/C22H24FN3O4/c23-17-4-2-1-3-14(17)9-11-24-20(28)22(30)10-12-26(21(22)29)16-6-7-18-15(13-16)5-8-19(27)25-18/h1-4,6-7,13,21,29-30H,5,8-12H2,(H,24,28)(H,25,27). The summed E-state index contributed by atoms with van der Waals surface area (Å²) in [5, 5.41) is 27.0. The van der Waals surface area contributed by atoms with Crippen LogP contribution in [0.5, 0.6) is 0 Å². The molecule has 7 nitrogen and oxygen atoms in total. The third kappa shape index (κ3) is 3.76. The van der Waals surface area contributed by atoms with Crippen molar-refractivity contribution in [2.24, 2.45) is 0 Å². The monoisotopic (exact) mass is 413 g/mol. The fourth-order valence-electron chi connectivity index (χ4n) is 4.01. The predicted molar refractivity (Wildman–Crippen MR) is 109 cm³/mol. The third-order valence-corrected chi connectivity index (χ3v) is 5.80. The van der Waals surface area contributed by atoms with E-state index in [1.165, 1.54) is 6.07 Å². The fraction of sp³-hybridized carbons (Fsp3) is 0.364. The molecular formula is C22H24FN3O4. The summed E-state index contributed by atoms with van der Waals surface area (Å²) < 4.78 is 13.7. The molecule has 0 aromatic heterocycles. The lowest BCUT2D eigenvalue weighted by molar-refractivity contribution is -0.148. The van der Waals surface area contributed by atoms with Crippen molar-refractivity contribution in [1.82, 2.24) is 5.32 Å². The molecule has 1 saturated heterocycles. The van der Waals surface area contributed by atoms with Gasteiger partial charge in [-0.1, -0.05) is 18.2 Å². The van der Waals surface area contributed by atoms with Gasteiger partial charge < -0.3 is 25.7 Å². The number of nitrogens with one attached hydrogen (secondary N) is 2. The summed E-state index contributed by atoms with van der Waals surface area (Å²) in [7, 11) is 0. The second-order valence-corrected chi connectivity index (χ2v) is 7.73. The van der Waals surface area contributed by atoms with Crippen molar-refractivity contribution in [2.75, 3.05) is 23.3 Å². The first-order valence-electron chi connectivity index (χ1n) is 10.00. The highest BCUT2D eigenvalue weighted by atomic mass is 19.1. The zero-order chi connectivity index (χ0) is 21.3. The second-order valence-electron chi connectivity index (χ2n) is 7.73. The number of aryl methyl sites for hydroxylation is 1. The number of hydrogen-bond acceptors (Lipinski definition) is 5. The molecule has 0 radical (unpaired) electrons. The molecule has 8 heteroatoms. The minimum atomic E-state index is -1.96. The van der Waals surface area contributed by atoms with Crippen LogP contribution in [0.3, 0.4) is 0 Å². The number of benzene rings is 2. The molecule has 2 aliphatic heterocycles. The van der Waals surface area contributed by atoms with E-state index in [2.05, 4.69) is 10.6 Å². The van der Waals surface area contributed by atoms with Gasteiger partial charge in [-0.25, -0.2) is 4.39 Å². The van der Waals surface area contributed by atoms with Gasteiger partial charge in [0, 0.05) is 37.3 Å². The summed E-state index contributed by atoms with van der Waals surface area (Å²) in [6.07, 6.45) is -0.0759. The molecule has 2 heterocycles. The smallest absolute Gasteiger partial charge is 0.256 e. The van der Waals surface area contributed by atoms with Crippen LogP contribution in [0.15, 0.2) is 42.5 Å². The van der Waals surface area contributed by atoms with Crippen molar-refractivity contribution in [3.63, 3.8) is 0 Å². The molecule has 0 bridgehead atoms. The van der Waals surface area contributed by atoms with E-state index >= 15 is 0 Å². The summed E-state index contributed by atoms with van der Waals surface area (Å²) in [6, 6.07) is 11.7. The van der Waals surface area contributed by atoms with Crippen LogP contribution in [-0.2, 0) is 22.4 Å². The van der Waals surface area contributed by atoms with Crippen LogP contribution < -0.4 is 15.5 Å². The molecule has 0 spiro atoms. The molecule has 2 aromatic rings. The van der Waals surface area contributed by atoms with Crippen LogP contribution in [0.4, 0.5) is 15.8 Å². The van der Waals surface area contributed by atoms with Crippen molar-refractivity contribution in [1.29, 1.82) is 0 Å². The average Bonchev–Trinajstić information content (AvgIpc) is 3.05. The van der Waals surface area contributed by atoms with Gasteiger partial charge in [-0.05, 0) is 48.2 Å². The maximum Gasteiger partial charge on any atom is 0.256 e. The largest absolute Gasteiger partial charge is 0.376 e. The maximum atomic E-state index is 13.7. The predicted octanol–water partition coefficient (Wildman–Crippen LogP) is 1.33. The minimum Gasteiger partial charge on any atom is -0.376 e. The number of halogens is 1. The average molecular weight is 413 g/mol. The van der Waals surface area contributed by atoms with Crippen LogP contribution in [0.2, 0.25) is 0 Å². The molecule has 30 heavy (non-hydrogen) atoms. The molecule has 2 aromatic carbocycles. The maximum absolute atomic E-state index is 13.7. The lowest BCUT2D eigenvalue weighted by atomic mass is 9.99. The van der Waals surface area contributed by atoms with Gasteiger partial charge in [0.15, 0.2) is 11.8 Å². The SMILES string of the molecule is O=C1CCc2cc(N3CCC(O)(C(=O)NCCc4ccccc4F)C3O)ccc2N1. The molecule has 2 atom stereocenters. The van der Waals surface area contributed by atoms with Gasteiger partial charge in [0.05, 0.1) is 0 Å². The normalized spacial score (nSPS) is 23.1. The van der Waals surface area contributed by atoms with Crippen LogP contribution in [0, 0.1) is 5.82 Å². The molecule has 2 amide bonds. The van der Waals surface area contributed by atoms with Crippen molar-refractivity contribution in [3.05, 3.63) is 59.4 Å². The minimum absolute atomic E-state index is 0.0297. The molecule has 4 rings (SSSR count). The Morgan fingerprint density at radius 2 is 2.07 bits per heavy atom. The number of nitrogens with zero attached hydrogens (tertiary/aromatic N) is 1. The van der Waals surface area contributed by atoms with Crippen molar-refractivity contribution in [2.45, 2.75) is 37.5 Å². The van der Waals surface area contributed by atoms with E-state index < -0.39 is 17.7 Å². The van der Waals surface area contributed by atoms with E-state index in [0.29, 0.717) is 30.6 Å². The van der Waals surface area contributed by atoms with Gasteiger partial charge in [0.2, 0.25) is 5.91 Å². The van der Waals surface area contributed by atoms with Gasteiger partial charge in [0.1, 0.15) is 5.82 Å². The van der Waals surface area contributed by atoms with E-state index in [4.69, 9.17) is 0 Å². The van der Waals surface area contributed by atoms with Crippen LogP contribution >= 0.6 is 0 Å². The van der Waals surface area contributed by atoms with E-state index in [1.807, 2.05) is 6.07 Å². The fourth-order valence-corrected chi connectivity index (χ4v) is 4.01. The van der Waals surface area contributed by atoms with Gasteiger partial charge in [0.25, 0.3) is 5.91 Å². The topological polar surface area (TPSA) is 102 Å². The molecule has 158 valence electrons. The highest BCUT2D eigenvalue weighted by molar-refractivity contribution is 5.94. The van der Waals surface area contributed by atoms with Gasteiger partial charge >= 0.3 is 0 Å². The lowest BCUT2D eigenvalue weighted by Gasteiger charge is -2.30. The number of aliphatic hydroxyl groups excluding tert-OH is 1. The van der Waals surface area contributed by atoms with Crippen molar-refractivity contribution >= 4 is 23.2 Å². The first-order chi connectivity index (χ1) is 14.4. The highest BCUT2D eigenvalue weighted by Gasteiger charge is 2.51. The first kappa shape index (κ1) is 20.3. The van der Waals surface area contributed by atoms with Gasteiger partial charge in [-0.15, -0.1) is 0 Å². The number of aliphatic hydroxyl groups is 2. The Morgan fingerprint density at radius 3 is 2.87 bits per heavy atom. The number of carbonyl (C=O) groups is 2. The second kappa shape index (κ2) is 8.04. The van der Waals surface area contributed by atoms with Crippen LogP contribution in [0.1, 0.15) is 24.0 Å². The molecule has 4 N–H and O–H groups in total. The van der Waals surface area contributed by atoms with Gasteiger partial charge in [-0.3, -0.25) is 9.59 Å². The van der Waals surface area contributed by atoms with Crippen LogP contribution in [-0.4, -0.2) is 46.9 Å². The van der Waals surface area contributed by atoms with Crippen molar-refractivity contribution < 1.29 is 24.2 Å². The van der Waals surface area contributed by atoms with Crippen LogP contribution in [0.25, 0.3) is 0 Å². The molecule has 0 saturated carbocycles. The number of fused-ring (bicyclic) bond motifs is 1. The number of carbonyl (C=O) groups excluding carboxylic acids is 2. The molecule has 2 unspecified atom stereocenters. The summed E-state index contributed by atoms with van der Waals surface area (Å²) in [6.45, 7) is 0.441. The van der Waals surface area contributed by atoms with Crippen molar-refractivity contribution in [3.8, 4) is 0 Å².